The first kappa shape index (κ1) is 23.5. The molecule has 11 heteroatoms. The van der Waals surface area contributed by atoms with Crippen molar-refractivity contribution in [2.75, 3.05) is 11.5 Å². The number of amides is 2. The highest BCUT2D eigenvalue weighted by molar-refractivity contribution is 7.14. The number of nitrogens with two attached hydrogens (primary N) is 1. The quantitative estimate of drug-likeness (QED) is 0.426. The lowest BCUT2D eigenvalue weighted by atomic mass is 10.1. The number of halogens is 5. The lowest BCUT2D eigenvalue weighted by Gasteiger charge is -2.21. The zero-order valence-corrected chi connectivity index (χ0v) is 17.7. The molecule has 0 saturated heterocycles. The third-order valence-electron chi connectivity index (χ3n) is 4.22. The number of alkyl halides is 3. The van der Waals surface area contributed by atoms with Gasteiger partial charge < -0.3 is 10.5 Å². The highest BCUT2D eigenvalue weighted by Gasteiger charge is 2.36. The number of rotatable bonds is 6. The van der Waals surface area contributed by atoms with Gasteiger partial charge in [0, 0.05) is 10.9 Å². The van der Waals surface area contributed by atoms with Gasteiger partial charge in [-0.3, -0.25) is 0 Å². The van der Waals surface area contributed by atoms with Gasteiger partial charge >= 0.3 is 12.2 Å². The van der Waals surface area contributed by atoms with Crippen LogP contribution in [0.25, 0.3) is 11.3 Å². The third kappa shape index (κ3) is 5.16. The number of carbonyl (C=O) groups is 1. The highest BCUT2D eigenvalue weighted by Crippen LogP contribution is 2.41. The monoisotopic (exact) mass is 471 g/mol. The minimum Gasteiger partial charge on any atom is -0.493 e. The molecule has 0 bridgehead atoms. The van der Waals surface area contributed by atoms with Crippen LogP contribution in [0.1, 0.15) is 19.4 Å². The van der Waals surface area contributed by atoms with Gasteiger partial charge in [-0.05, 0) is 42.3 Å². The topological polar surface area (TPSA) is 68.5 Å². The number of primary amides is 1. The second kappa shape index (κ2) is 9.11. The molecule has 0 aliphatic rings. The number of anilines is 2. The normalized spacial score (nSPS) is 11.6. The van der Waals surface area contributed by atoms with Crippen LogP contribution in [0, 0.1) is 17.6 Å². The minimum atomic E-state index is -4.74. The first-order valence-electron chi connectivity index (χ1n) is 9.32. The minimum absolute atomic E-state index is 0.00270. The van der Waals surface area contributed by atoms with Crippen LogP contribution in [0.5, 0.6) is 5.75 Å². The highest BCUT2D eigenvalue weighted by atomic mass is 32.1. The molecule has 2 amide bonds. The number of hydrogen-bond acceptors (Lipinski definition) is 4. The smallest absolute Gasteiger partial charge is 0.420 e. The van der Waals surface area contributed by atoms with E-state index in [-0.39, 0.29) is 40.4 Å². The van der Waals surface area contributed by atoms with Gasteiger partial charge in [-0.2, -0.15) is 13.2 Å². The number of carbonyl (C=O) groups excluding carboxylic acids is 1. The van der Waals surface area contributed by atoms with Crippen molar-refractivity contribution in [3.05, 3.63) is 59.0 Å². The Balaban J connectivity index is 2.01. The Kier molecular flexibility index (Phi) is 6.68. The summed E-state index contributed by atoms with van der Waals surface area (Å²) in [5.74, 6) is -2.50. The Hall–Kier alpha value is -3.21. The van der Waals surface area contributed by atoms with Gasteiger partial charge in [0.05, 0.1) is 23.6 Å². The molecule has 0 fully saturated rings. The molecular formula is C21H18F5N3O2S. The molecule has 0 spiro atoms. The summed E-state index contributed by atoms with van der Waals surface area (Å²) in [6, 6.07) is 5.18. The second-order valence-electron chi connectivity index (χ2n) is 7.20. The van der Waals surface area contributed by atoms with Gasteiger partial charge in [0.25, 0.3) is 0 Å². The van der Waals surface area contributed by atoms with Crippen LogP contribution in [0.4, 0.5) is 37.6 Å². The number of aromatic nitrogens is 1. The van der Waals surface area contributed by atoms with Gasteiger partial charge in [0.1, 0.15) is 5.75 Å². The maximum Gasteiger partial charge on any atom is 0.420 e. The number of ether oxygens (including phenoxy) is 1. The van der Waals surface area contributed by atoms with Crippen LogP contribution < -0.4 is 15.4 Å². The summed E-state index contributed by atoms with van der Waals surface area (Å²) in [6.45, 7) is 3.67. The molecule has 2 N–H and O–H groups in total. The largest absolute Gasteiger partial charge is 0.493 e. The Labute approximate surface area is 184 Å². The van der Waals surface area contributed by atoms with Crippen molar-refractivity contribution >= 4 is 28.2 Å². The van der Waals surface area contributed by atoms with Crippen molar-refractivity contribution in [2.45, 2.75) is 20.0 Å². The summed E-state index contributed by atoms with van der Waals surface area (Å²) in [6.07, 6.45) is -4.74. The average molecular weight is 471 g/mol. The molecule has 3 aromatic rings. The number of thiazole rings is 1. The summed E-state index contributed by atoms with van der Waals surface area (Å²) >= 11 is 0.903. The summed E-state index contributed by atoms with van der Waals surface area (Å²) in [4.78, 5) is 17.1. The fraction of sp³-hybridized carbons (Fsp3) is 0.238. The van der Waals surface area contributed by atoms with Crippen LogP contribution >= 0.6 is 11.3 Å². The predicted octanol–water partition coefficient (Wildman–Crippen LogP) is 6.36. The summed E-state index contributed by atoms with van der Waals surface area (Å²) < 4.78 is 72.8. The van der Waals surface area contributed by atoms with Crippen molar-refractivity contribution in [1.82, 2.24) is 4.98 Å². The van der Waals surface area contributed by atoms with Gasteiger partial charge in [-0.25, -0.2) is 23.5 Å². The third-order valence-corrected chi connectivity index (χ3v) is 5.04. The van der Waals surface area contributed by atoms with E-state index in [1.54, 1.807) is 13.8 Å². The molecule has 1 heterocycles. The van der Waals surface area contributed by atoms with Crippen LogP contribution in [-0.2, 0) is 6.18 Å². The van der Waals surface area contributed by atoms with Gasteiger partial charge in [-0.15, -0.1) is 11.3 Å². The number of urea groups is 1. The maximum atomic E-state index is 13.6. The zero-order valence-electron chi connectivity index (χ0n) is 16.9. The molecule has 3 rings (SSSR count). The Morgan fingerprint density at radius 2 is 1.88 bits per heavy atom. The zero-order chi connectivity index (χ0) is 23.6. The van der Waals surface area contributed by atoms with Crippen molar-refractivity contribution in [1.29, 1.82) is 0 Å². The van der Waals surface area contributed by atoms with Crippen LogP contribution in [-0.4, -0.2) is 17.6 Å². The van der Waals surface area contributed by atoms with Crippen LogP contribution in [0.2, 0.25) is 0 Å². The van der Waals surface area contributed by atoms with Crippen molar-refractivity contribution < 1.29 is 31.5 Å². The van der Waals surface area contributed by atoms with Crippen LogP contribution in [0.15, 0.2) is 41.8 Å². The molecule has 1 aromatic heterocycles. The van der Waals surface area contributed by atoms with E-state index in [0.29, 0.717) is 0 Å². The molecule has 0 saturated carbocycles. The fourth-order valence-electron chi connectivity index (χ4n) is 2.75. The maximum absolute atomic E-state index is 13.6. The lowest BCUT2D eigenvalue weighted by molar-refractivity contribution is -0.139. The van der Waals surface area contributed by atoms with Gasteiger partial charge in [0.15, 0.2) is 16.8 Å². The first-order valence-corrected chi connectivity index (χ1v) is 10.2. The molecule has 2 aromatic carbocycles. The molecule has 0 atom stereocenters. The van der Waals surface area contributed by atoms with Gasteiger partial charge in [-0.1, -0.05) is 13.8 Å². The first-order chi connectivity index (χ1) is 15.0. The van der Waals surface area contributed by atoms with E-state index in [9.17, 15) is 26.7 Å². The molecule has 0 radical (unpaired) electrons. The molecule has 32 heavy (non-hydrogen) atoms. The Morgan fingerprint density at radius 3 is 2.47 bits per heavy atom. The van der Waals surface area contributed by atoms with E-state index in [0.717, 1.165) is 40.5 Å². The summed E-state index contributed by atoms with van der Waals surface area (Å²) in [5, 5.41) is 1.41. The van der Waals surface area contributed by atoms with E-state index in [2.05, 4.69) is 4.98 Å². The lowest BCUT2D eigenvalue weighted by Crippen LogP contribution is -2.31. The molecule has 170 valence electrons. The SMILES string of the molecule is CC(C)COc1ccc(N(C(N)=O)c2nc(-c3ccc(F)c(F)c3)cs2)cc1C(F)(F)F. The summed E-state index contributed by atoms with van der Waals surface area (Å²) in [7, 11) is 0. The number of hydrogen-bond donors (Lipinski definition) is 1. The van der Waals surface area contributed by atoms with Crippen molar-refractivity contribution in [2.24, 2.45) is 11.7 Å². The molecule has 5 nitrogen and oxygen atoms in total. The van der Waals surface area contributed by atoms with E-state index >= 15 is 0 Å². The standard InChI is InChI=1S/C21H18F5N3O2S/c1-11(2)9-31-18-6-4-13(8-14(18)21(24,25)26)29(19(27)30)20-28-17(10-32-20)12-3-5-15(22)16(23)7-12/h3-8,10-11H,9H2,1-2H3,(H2,27,30). The fourth-order valence-corrected chi connectivity index (χ4v) is 3.61. The molecule has 0 aliphatic heterocycles. The molecule has 0 aliphatic carbocycles. The molecular weight excluding hydrogens is 453 g/mol. The van der Waals surface area contributed by atoms with E-state index in [4.69, 9.17) is 10.5 Å². The number of benzene rings is 2. The average Bonchev–Trinajstić information content (AvgIpc) is 3.17. The van der Waals surface area contributed by atoms with E-state index < -0.39 is 29.4 Å². The predicted molar refractivity (Wildman–Crippen MR) is 111 cm³/mol. The van der Waals surface area contributed by atoms with Crippen LogP contribution in [0.3, 0.4) is 0 Å². The Bertz CT molecular complexity index is 1130. The van der Waals surface area contributed by atoms with E-state index in [1.807, 2.05) is 0 Å². The van der Waals surface area contributed by atoms with Crippen molar-refractivity contribution in [3.8, 4) is 17.0 Å². The summed E-state index contributed by atoms with van der Waals surface area (Å²) in [5.41, 5.74) is 4.60. The van der Waals surface area contributed by atoms with Gasteiger partial charge in [0.2, 0.25) is 0 Å². The second-order valence-corrected chi connectivity index (χ2v) is 8.04. The Morgan fingerprint density at radius 1 is 1.16 bits per heavy atom. The van der Waals surface area contributed by atoms with Crippen molar-refractivity contribution in [3.63, 3.8) is 0 Å². The number of nitrogens with zero attached hydrogens (tertiary/aromatic N) is 2. The molecule has 0 unspecified atom stereocenters. The van der Waals surface area contributed by atoms with E-state index in [1.165, 1.54) is 17.5 Å².